The van der Waals surface area contributed by atoms with E-state index in [0.717, 1.165) is 17.9 Å². The zero-order chi connectivity index (χ0) is 18.6. The first-order chi connectivity index (χ1) is 12.5. The monoisotopic (exact) mass is 394 g/mol. The Bertz CT molecular complexity index is 865. The van der Waals surface area contributed by atoms with Crippen molar-refractivity contribution in [1.82, 2.24) is 20.1 Å². The highest BCUT2D eigenvalue weighted by molar-refractivity contribution is 7.99. The Labute approximate surface area is 157 Å². The normalized spacial score (nSPS) is 18.7. The van der Waals surface area contributed by atoms with Gasteiger partial charge in [0.15, 0.2) is 15.0 Å². The summed E-state index contributed by atoms with van der Waals surface area (Å²) in [5.74, 6) is 1.07. The molecule has 0 saturated carbocycles. The van der Waals surface area contributed by atoms with Gasteiger partial charge < -0.3 is 9.88 Å². The van der Waals surface area contributed by atoms with Crippen molar-refractivity contribution in [3.8, 4) is 0 Å². The molecule has 1 aliphatic heterocycles. The maximum atomic E-state index is 12.1. The molecule has 1 atom stereocenters. The van der Waals surface area contributed by atoms with Gasteiger partial charge in [-0.05, 0) is 18.9 Å². The van der Waals surface area contributed by atoms with Crippen LogP contribution in [0.5, 0.6) is 0 Å². The molecule has 0 aliphatic carbocycles. The quantitative estimate of drug-likeness (QED) is 0.711. The van der Waals surface area contributed by atoms with Crippen LogP contribution >= 0.6 is 11.8 Å². The number of benzene rings is 1. The third kappa shape index (κ3) is 4.85. The van der Waals surface area contributed by atoms with Gasteiger partial charge in [0.2, 0.25) is 5.91 Å². The van der Waals surface area contributed by atoms with Crippen LogP contribution in [0.15, 0.2) is 35.5 Å². The van der Waals surface area contributed by atoms with Crippen LogP contribution in [0.25, 0.3) is 0 Å². The Kier molecular flexibility index (Phi) is 5.98. The van der Waals surface area contributed by atoms with Crippen LogP contribution in [0, 0.1) is 0 Å². The maximum absolute atomic E-state index is 12.1. The second-order valence-corrected chi connectivity index (χ2v) is 9.43. The largest absolute Gasteiger partial charge is 0.352 e. The fourth-order valence-corrected chi connectivity index (χ4v) is 5.47. The van der Waals surface area contributed by atoms with Gasteiger partial charge in [-0.25, -0.2) is 8.42 Å². The number of hydrogen-bond donors (Lipinski definition) is 1. The molecule has 26 heavy (non-hydrogen) atoms. The molecule has 0 unspecified atom stereocenters. The maximum Gasteiger partial charge on any atom is 0.230 e. The molecule has 1 aromatic heterocycles. The number of carbonyl (C=O) groups is 1. The molecule has 1 aromatic carbocycles. The van der Waals surface area contributed by atoms with Crippen molar-refractivity contribution in [2.24, 2.45) is 0 Å². The zero-order valence-corrected chi connectivity index (χ0v) is 16.2. The summed E-state index contributed by atoms with van der Waals surface area (Å²) in [6.45, 7) is 2.74. The number of nitrogens with zero attached hydrogens (tertiary/aromatic N) is 3. The molecule has 1 saturated heterocycles. The predicted octanol–water partition coefficient (Wildman–Crippen LogP) is 1.28. The average Bonchev–Trinajstić information content (AvgIpc) is 3.16. The lowest BCUT2D eigenvalue weighted by Crippen LogP contribution is -2.36. The van der Waals surface area contributed by atoms with E-state index in [1.807, 2.05) is 41.8 Å². The van der Waals surface area contributed by atoms with Gasteiger partial charge in [-0.1, -0.05) is 42.1 Å². The standard InChI is InChI=1S/C17H22N4O3S2/c1-2-21-15(10-13-6-4-3-5-7-13)19-20-17(21)25-11-16(22)18-14-8-9-26(23,24)12-14/h3-7,14H,2,8-12H2,1H3,(H,18,22)/t14-/m0/s1. The molecular weight excluding hydrogens is 372 g/mol. The van der Waals surface area contributed by atoms with Gasteiger partial charge in [-0.3, -0.25) is 4.79 Å². The summed E-state index contributed by atoms with van der Waals surface area (Å²) < 4.78 is 24.9. The van der Waals surface area contributed by atoms with Crippen LogP contribution in [0.2, 0.25) is 0 Å². The Hall–Kier alpha value is -1.87. The summed E-state index contributed by atoms with van der Waals surface area (Å²) in [5, 5.41) is 12.0. The van der Waals surface area contributed by atoms with Crippen molar-refractivity contribution >= 4 is 27.5 Å². The van der Waals surface area contributed by atoms with Gasteiger partial charge in [0.25, 0.3) is 0 Å². The first-order valence-corrected chi connectivity index (χ1v) is 11.4. The number of rotatable bonds is 7. The molecule has 1 aliphatic rings. The molecular formula is C17H22N4O3S2. The molecule has 9 heteroatoms. The van der Waals surface area contributed by atoms with E-state index in [9.17, 15) is 13.2 Å². The summed E-state index contributed by atoms with van der Waals surface area (Å²) in [6, 6.07) is 9.78. The summed E-state index contributed by atoms with van der Waals surface area (Å²) in [6.07, 6.45) is 1.18. The summed E-state index contributed by atoms with van der Waals surface area (Å²) in [4.78, 5) is 12.1. The number of hydrogen-bond acceptors (Lipinski definition) is 6. The number of thioether (sulfide) groups is 1. The van der Waals surface area contributed by atoms with Gasteiger partial charge >= 0.3 is 0 Å². The van der Waals surface area contributed by atoms with E-state index in [4.69, 9.17) is 0 Å². The molecule has 1 N–H and O–H groups in total. The van der Waals surface area contributed by atoms with Crippen molar-refractivity contribution < 1.29 is 13.2 Å². The van der Waals surface area contributed by atoms with Crippen LogP contribution in [0.1, 0.15) is 24.7 Å². The minimum atomic E-state index is -2.99. The highest BCUT2D eigenvalue weighted by Gasteiger charge is 2.28. The van der Waals surface area contributed by atoms with Crippen molar-refractivity contribution in [2.45, 2.75) is 37.5 Å². The van der Waals surface area contributed by atoms with Crippen molar-refractivity contribution in [2.75, 3.05) is 17.3 Å². The van der Waals surface area contributed by atoms with Gasteiger partial charge in [0.05, 0.1) is 17.3 Å². The second-order valence-electron chi connectivity index (χ2n) is 6.26. The highest BCUT2D eigenvalue weighted by Crippen LogP contribution is 2.19. The summed E-state index contributed by atoms with van der Waals surface area (Å²) >= 11 is 1.32. The zero-order valence-electron chi connectivity index (χ0n) is 14.6. The van der Waals surface area contributed by atoms with Gasteiger partial charge in [0.1, 0.15) is 5.82 Å². The summed E-state index contributed by atoms with van der Waals surface area (Å²) in [7, 11) is -2.99. The summed E-state index contributed by atoms with van der Waals surface area (Å²) in [5.41, 5.74) is 1.16. The molecule has 1 fully saturated rings. The van der Waals surface area contributed by atoms with Gasteiger partial charge in [-0.2, -0.15) is 0 Å². The van der Waals surface area contributed by atoms with Gasteiger partial charge in [-0.15, -0.1) is 10.2 Å². The molecule has 140 valence electrons. The van der Waals surface area contributed by atoms with E-state index in [1.54, 1.807) is 0 Å². The number of carbonyl (C=O) groups excluding carboxylic acids is 1. The lowest BCUT2D eigenvalue weighted by Gasteiger charge is -2.11. The van der Waals surface area contributed by atoms with Crippen LogP contribution < -0.4 is 5.32 Å². The minimum absolute atomic E-state index is 0.0375. The van der Waals surface area contributed by atoms with E-state index >= 15 is 0 Å². The highest BCUT2D eigenvalue weighted by atomic mass is 32.2. The fraction of sp³-hybridized carbons (Fsp3) is 0.471. The average molecular weight is 395 g/mol. The first kappa shape index (κ1) is 18.9. The topological polar surface area (TPSA) is 93.9 Å². The fourth-order valence-electron chi connectivity index (χ4n) is 2.96. The van der Waals surface area contributed by atoms with Crippen LogP contribution in [0.3, 0.4) is 0 Å². The van der Waals surface area contributed by atoms with Gasteiger partial charge in [0, 0.05) is 19.0 Å². The molecule has 2 aromatic rings. The third-order valence-corrected chi connectivity index (χ3v) is 6.98. The Morgan fingerprint density at radius 1 is 1.31 bits per heavy atom. The first-order valence-electron chi connectivity index (χ1n) is 8.55. The second kappa shape index (κ2) is 8.22. The van der Waals surface area contributed by atoms with E-state index in [1.165, 1.54) is 11.8 Å². The number of amides is 1. The molecule has 0 spiro atoms. The van der Waals surface area contributed by atoms with E-state index in [0.29, 0.717) is 18.0 Å². The van der Waals surface area contributed by atoms with Crippen molar-refractivity contribution in [3.05, 3.63) is 41.7 Å². The number of sulfone groups is 1. The van der Waals surface area contributed by atoms with Crippen LogP contribution in [-0.2, 0) is 27.6 Å². The third-order valence-electron chi connectivity index (χ3n) is 4.24. The minimum Gasteiger partial charge on any atom is -0.352 e. The van der Waals surface area contributed by atoms with Crippen molar-refractivity contribution in [1.29, 1.82) is 0 Å². The Morgan fingerprint density at radius 3 is 2.73 bits per heavy atom. The molecule has 7 nitrogen and oxygen atoms in total. The molecule has 0 radical (unpaired) electrons. The molecule has 0 bridgehead atoms. The Balaban J connectivity index is 1.57. The SMILES string of the molecule is CCn1c(Cc2ccccc2)nnc1SCC(=O)N[C@H]1CCS(=O)(=O)C1. The predicted molar refractivity (Wildman–Crippen MR) is 101 cm³/mol. The van der Waals surface area contributed by atoms with Crippen LogP contribution in [-0.4, -0.2) is 52.4 Å². The lowest BCUT2D eigenvalue weighted by molar-refractivity contribution is -0.119. The molecule has 2 heterocycles. The van der Waals surface area contributed by atoms with Crippen molar-refractivity contribution in [3.63, 3.8) is 0 Å². The number of nitrogens with one attached hydrogen (secondary N) is 1. The van der Waals surface area contributed by atoms with E-state index < -0.39 is 9.84 Å². The van der Waals surface area contributed by atoms with E-state index in [2.05, 4.69) is 15.5 Å². The smallest absolute Gasteiger partial charge is 0.230 e. The van der Waals surface area contributed by atoms with Crippen LogP contribution in [0.4, 0.5) is 0 Å². The van der Waals surface area contributed by atoms with E-state index in [-0.39, 0.29) is 29.2 Å². The molecule has 1 amide bonds. The Morgan fingerprint density at radius 2 is 2.08 bits per heavy atom. The molecule has 3 rings (SSSR count). The number of aromatic nitrogens is 3. The lowest BCUT2D eigenvalue weighted by atomic mass is 10.1.